The van der Waals surface area contributed by atoms with Gasteiger partial charge in [-0.25, -0.2) is 4.79 Å². The molecular formula is C19H17F3N2O3. The maximum Gasteiger partial charge on any atom is 0.437 e. The summed E-state index contributed by atoms with van der Waals surface area (Å²) in [6, 6.07) is 16.6. The van der Waals surface area contributed by atoms with E-state index < -0.39 is 17.8 Å². The lowest BCUT2D eigenvalue weighted by Crippen LogP contribution is -2.17. The van der Waals surface area contributed by atoms with E-state index in [1.54, 1.807) is 6.92 Å². The first kappa shape index (κ1) is 20.0. The second-order valence-electron chi connectivity index (χ2n) is 5.28. The van der Waals surface area contributed by atoms with E-state index in [0.29, 0.717) is 5.76 Å². The molecule has 1 heterocycles. The SMILES string of the molecule is COC(=O)/N=c1\oc(C)cn1-c1cccc(C(F)(F)F)c1.c1ccccc1. The topological polar surface area (TPSA) is 56.7 Å². The molecule has 1 amide bonds. The van der Waals surface area contributed by atoms with Crippen LogP contribution in [0.2, 0.25) is 0 Å². The lowest BCUT2D eigenvalue weighted by atomic mass is 10.2. The van der Waals surface area contributed by atoms with E-state index >= 15 is 0 Å². The molecule has 0 unspecified atom stereocenters. The van der Waals surface area contributed by atoms with Crippen molar-refractivity contribution in [1.29, 1.82) is 0 Å². The molecule has 0 aliphatic carbocycles. The van der Waals surface area contributed by atoms with Crippen LogP contribution in [0.3, 0.4) is 0 Å². The fourth-order valence-electron chi connectivity index (χ4n) is 2.06. The summed E-state index contributed by atoms with van der Waals surface area (Å²) in [5, 5.41) is 0. The number of hydrogen-bond donors (Lipinski definition) is 0. The highest BCUT2D eigenvalue weighted by Crippen LogP contribution is 2.30. The average molecular weight is 378 g/mol. The van der Waals surface area contributed by atoms with Gasteiger partial charge in [0.25, 0.3) is 0 Å². The zero-order chi connectivity index (χ0) is 19.9. The Labute approximate surface area is 153 Å². The van der Waals surface area contributed by atoms with Crippen molar-refractivity contribution >= 4 is 6.09 Å². The molecule has 0 radical (unpaired) electrons. The van der Waals surface area contributed by atoms with Crippen LogP contribution in [0.1, 0.15) is 11.3 Å². The van der Waals surface area contributed by atoms with Crippen molar-refractivity contribution in [2.24, 2.45) is 4.99 Å². The van der Waals surface area contributed by atoms with Gasteiger partial charge in [0.05, 0.1) is 24.6 Å². The number of nitrogens with zero attached hydrogens (tertiary/aromatic N) is 2. The Kier molecular flexibility index (Phi) is 6.59. The van der Waals surface area contributed by atoms with Gasteiger partial charge in [-0.3, -0.25) is 4.57 Å². The number of amides is 1. The fourth-order valence-corrected chi connectivity index (χ4v) is 2.06. The molecule has 0 aliphatic rings. The van der Waals surface area contributed by atoms with Crippen molar-refractivity contribution in [3.05, 3.63) is 83.9 Å². The number of ether oxygens (including phenoxy) is 1. The van der Waals surface area contributed by atoms with Crippen LogP contribution in [0.4, 0.5) is 18.0 Å². The molecule has 8 heteroatoms. The first-order valence-electron chi connectivity index (χ1n) is 7.80. The van der Waals surface area contributed by atoms with Gasteiger partial charge in [0.1, 0.15) is 5.76 Å². The molecule has 0 saturated carbocycles. The molecule has 0 spiro atoms. The van der Waals surface area contributed by atoms with Gasteiger partial charge in [0, 0.05) is 0 Å². The van der Waals surface area contributed by atoms with Gasteiger partial charge in [-0.15, -0.1) is 4.99 Å². The zero-order valence-corrected chi connectivity index (χ0v) is 14.6. The smallest absolute Gasteiger partial charge is 0.437 e. The third-order valence-corrected chi connectivity index (χ3v) is 3.25. The molecule has 0 saturated heterocycles. The molecule has 142 valence electrons. The van der Waals surface area contributed by atoms with Gasteiger partial charge in [0.2, 0.25) is 0 Å². The number of alkyl halides is 3. The molecule has 5 nitrogen and oxygen atoms in total. The Morgan fingerprint density at radius 3 is 2.19 bits per heavy atom. The Morgan fingerprint density at radius 2 is 1.67 bits per heavy atom. The highest BCUT2D eigenvalue weighted by atomic mass is 19.4. The minimum absolute atomic E-state index is 0.168. The highest BCUT2D eigenvalue weighted by Gasteiger charge is 2.30. The van der Waals surface area contributed by atoms with Crippen LogP contribution in [0.15, 0.2) is 76.3 Å². The maximum absolute atomic E-state index is 12.7. The van der Waals surface area contributed by atoms with E-state index in [0.717, 1.165) is 19.2 Å². The van der Waals surface area contributed by atoms with Crippen molar-refractivity contribution in [2.75, 3.05) is 7.11 Å². The van der Waals surface area contributed by atoms with Gasteiger partial charge in [-0.1, -0.05) is 42.5 Å². The molecule has 1 aromatic heterocycles. The molecule has 0 N–H and O–H groups in total. The molecule has 2 aromatic carbocycles. The van der Waals surface area contributed by atoms with E-state index in [9.17, 15) is 18.0 Å². The fraction of sp³-hybridized carbons (Fsp3) is 0.158. The maximum atomic E-state index is 12.7. The van der Waals surface area contributed by atoms with E-state index in [4.69, 9.17) is 4.42 Å². The number of benzene rings is 2. The summed E-state index contributed by atoms with van der Waals surface area (Å²) in [6.07, 6.45) is -3.95. The minimum atomic E-state index is -4.46. The van der Waals surface area contributed by atoms with Crippen molar-refractivity contribution in [3.63, 3.8) is 0 Å². The monoisotopic (exact) mass is 378 g/mol. The zero-order valence-electron chi connectivity index (χ0n) is 14.6. The molecule has 3 aromatic rings. The van der Waals surface area contributed by atoms with Crippen LogP contribution in [0, 0.1) is 6.92 Å². The summed E-state index contributed by atoms with van der Waals surface area (Å²) in [6.45, 7) is 1.58. The number of hydrogen-bond acceptors (Lipinski definition) is 3. The number of carbonyl (C=O) groups excluding carboxylic acids is 1. The summed E-state index contributed by atoms with van der Waals surface area (Å²) in [4.78, 5) is 14.7. The van der Waals surface area contributed by atoms with E-state index in [-0.39, 0.29) is 11.4 Å². The molecule has 27 heavy (non-hydrogen) atoms. The Hall–Kier alpha value is -3.29. The Balaban J connectivity index is 0.000000369. The van der Waals surface area contributed by atoms with E-state index in [1.807, 2.05) is 36.4 Å². The van der Waals surface area contributed by atoms with Crippen LogP contribution in [-0.2, 0) is 10.9 Å². The Bertz CT molecular complexity index is 918. The molecule has 3 rings (SSSR count). The number of methoxy groups -OCH3 is 1. The Morgan fingerprint density at radius 1 is 1.07 bits per heavy atom. The highest BCUT2D eigenvalue weighted by molar-refractivity contribution is 5.67. The lowest BCUT2D eigenvalue weighted by molar-refractivity contribution is -0.137. The number of rotatable bonds is 1. The van der Waals surface area contributed by atoms with Crippen LogP contribution in [0.5, 0.6) is 0 Å². The summed E-state index contributed by atoms with van der Waals surface area (Å²) in [7, 11) is 1.14. The average Bonchev–Trinajstić information content (AvgIpc) is 3.03. The van der Waals surface area contributed by atoms with Gasteiger partial charge in [-0.05, 0) is 25.1 Å². The predicted molar refractivity (Wildman–Crippen MR) is 92.2 cm³/mol. The second kappa shape index (κ2) is 8.88. The standard InChI is InChI=1S/C13H11F3N2O3.C6H6/c1-8-7-18(11(21-8)17-12(19)20-2)10-5-3-4-9(6-10)13(14,15)16;1-2-4-6-5-3-1/h3-7H,1-2H3;1-6H/b17-11-;. The van der Waals surface area contributed by atoms with Crippen molar-refractivity contribution in [2.45, 2.75) is 13.1 Å². The van der Waals surface area contributed by atoms with Crippen molar-refractivity contribution in [3.8, 4) is 5.69 Å². The van der Waals surface area contributed by atoms with Gasteiger partial charge < -0.3 is 9.15 Å². The summed E-state index contributed by atoms with van der Waals surface area (Å²) < 4.78 is 49.0. The third kappa shape index (κ3) is 5.88. The number of carbonyl (C=O) groups is 1. The molecule has 0 aliphatic heterocycles. The van der Waals surface area contributed by atoms with Crippen LogP contribution in [0.25, 0.3) is 5.69 Å². The van der Waals surface area contributed by atoms with Crippen LogP contribution in [-0.4, -0.2) is 17.8 Å². The summed E-state index contributed by atoms with van der Waals surface area (Å²) in [5.41, 5.74) is -0.807. The molecule has 0 fully saturated rings. The second-order valence-corrected chi connectivity index (χ2v) is 5.28. The summed E-state index contributed by atoms with van der Waals surface area (Å²) >= 11 is 0. The van der Waals surface area contributed by atoms with Gasteiger partial charge in [-0.2, -0.15) is 13.2 Å². The number of halogens is 3. The number of aromatic nitrogens is 1. The largest absolute Gasteiger partial charge is 0.451 e. The molecule has 0 bridgehead atoms. The van der Waals surface area contributed by atoms with Crippen molar-refractivity contribution in [1.82, 2.24) is 4.57 Å². The third-order valence-electron chi connectivity index (χ3n) is 3.25. The lowest BCUT2D eigenvalue weighted by Gasteiger charge is -2.08. The first-order valence-corrected chi connectivity index (χ1v) is 7.80. The first-order chi connectivity index (χ1) is 12.8. The van der Waals surface area contributed by atoms with Gasteiger partial charge in [0.15, 0.2) is 0 Å². The van der Waals surface area contributed by atoms with Crippen molar-refractivity contribution < 1.29 is 27.1 Å². The normalized spacial score (nSPS) is 11.5. The quantitative estimate of drug-likeness (QED) is 0.614. The number of aryl methyl sites for hydroxylation is 1. The molecular weight excluding hydrogens is 361 g/mol. The van der Waals surface area contributed by atoms with Crippen LogP contribution >= 0.6 is 0 Å². The minimum Gasteiger partial charge on any atom is -0.451 e. The number of oxazole rings is 1. The molecule has 0 atom stereocenters. The summed E-state index contributed by atoms with van der Waals surface area (Å²) in [5.74, 6) is 0.384. The van der Waals surface area contributed by atoms with Crippen LogP contribution < -0.4 is 5.68 Å². The van der Waals surface area contributed by atoms with E-state index in [1.165, 1.54) is 22.9 Å². The van der Waals surface area contributed by atoms with Gasteiger partial charge >= 0.3 is 18.0 Å². The predicted octanol–water partition coefficient (Wildman–Crippen LogP) is 4.75. The van der Waals surface area contributed by atoms with E-state index in [2.05, 4.69) is 9.73 Å².